The van der Waals surface area contributed by atoms with Gasteiger partial charge in [0.2, 0.25) is 0 Å². The normalized spacial score (nSPS) is 19.5. The molecule has 2 saturated heterocycles. The minimum atomic E-state index is -0.702. The second-order valence-corrected chi connectivity index (χ2v) is 7.75. The molecule has 1 aromatic carbocycles. The summed E-state index contributed by atoms with van der Waals surface area (Å²) in [7, 11) is 2.93. The third-order valence-electron chi connectivity index (χ3n) is 5.31. The Morgan fingerprint density at radius 1 is 1.19 bits per heavy atom. The predicted octanol–water partition coefficient (Wildman–Crippen LogP) is 2.55. The zero-order chi connectivity index (χ0) is 18.6. The summed E-state index contributed by atoms with van der Waals surface area (Å²) in [5, 5.41) is 0. The molecule has 0 bridgehead atoms. The molecule has 0 saturated carbocycles. The summed E-state index contributed by atoms with van der Waals surface area (Å²) in [6, 6.07) is 10.3. The smallest absolute Gasteiger partial charge is 0.325 e. The number of thioether (sulfide) groups is 1. The van der Waals surface area contributed by atoms with Crippen LogP contribution in [0, 0.1) is 0 Å². The fraction of sp³-hybridized carbons (Fsp3) is 0.579. The van der Waals surface area contributed by atoms with E-state index in [1.807, 2.05) is 11.0 Å². The first-order chi connectivity index (χ1) is 12.6. The van der Waals surface area contributed by atoms with Crippen LogP contribution in [-0.4, -0.2) is 72.9 Å². The van der Waals surface area contributed by atoms with Crippen LogP contribution in [-0.2, 0) is 14.3 Å². The number of esters is 1. The van der Waals surface area contributed by atoms with Crippen LogP contribution in [0.25, 0.3) is 0 Å². The van der Waals surface area contributed by atoms with Gasteiger partial charge in [0.05, 0.1) is 7.11 Å². The van der Waals surface area contributed by atoms with E-state index >= 15 is 0 Å². The topological polar surface area (TPSA) is 59.1 Å². The van der Waals surface area contributed by atoms with E-state index in [2.05, 4.69) is 24.3 Å². The molecule has 26 heavy (non-hydrogen) atoms. The number of ether oxygens (including phenoxy) is 2. The van der Waals surface area contributed by atoms with Gasteiger partial charge >= 0.3 is 12.0 Å². The Morgan fingerprint density at radius 2 is 1.85 bits per heavy atom. The molecule has 0 unspecified atom stereocenters. The standard InChI is InChI=1S/C19H26N2O4S/c1-24-17(22)12-21(19(25-2)13-26-14-19)18(23)20-10-8-16(9-11-20)15-6-4-3-5-7-15/h3-7,16H,8-14H2,1-2H3. The first-order valence-electron chi connectivity index (χ1n) is 8.91. The molecule has 0 radical (unpaired) electrons. The lowest BCUT2D eigenvalue weighted by atomic mass is 9.89. The van der Waals surface area contributed by atoms with Crippen molar-refractivity contribution < 1.29 is 19.1 Å². The lowest BCUT2D eigenvalue weighted by Gasteiger charge is -2.49. The Bertz CT molecular complexity index is 622. The maximum absolute atomic E-state index is 13.1. The van der Waals surface area contributed by atoms with Gasteiger partial charge in [0.25, 0.3) is 0 Å². The highest BCUT2D eigenvalue weighted by molar-refractivity contribution is 8.00. The number of carbonyl (C=O) groups is 2. The van der Waals surface area contributed by atoms with Gasteiger partial charge in [0.1, 0.15) is 6.54 Å². The van der Waals surface area contributed by atoms with Crippen molar-refractivity contribution in [1.82, 2.24) is 9.80 Å². The van der Waals surface area contributed by atoms with Gasteiger partial charge in [0, 0.05) is 31.7 Å². The van der Waals surface area contributed by atoms with Gasteiger partial charge < -0.3 is 14.4 Å². The lowest BCUT2D eigenvalue weighted by Crippen LogP contribution is -2.65. The van der Waals surface area contributed by atoms with Gasteiger partial charge in [-0.3, -0.25) is 9.69 Å². The summed E-state index contributed by atoms with van der Waals surface area (Å²) in [6.45, 7) is 1.29. The van der Waals surface area contributed by atoms with Crippen molar-refractivity contribution in [2.45, 2.75) is 24.5 Å². The highest BCUT2D eigenvalue weighted by atomic mass is 32.2. The van der Waals surface area contributed by atoms with Crippen LogP contribution in [0.3, 0.4) is 0 Å². The van der Waals surface area contributed by atoms with E-state index in [0.717, 1.165) is 12.8 Å². The number of amides is 2. The molecule has 7 heteroatoms. The highest BCUT2D eigenvalue weighted by Gasteiger charge is 2.48. The summed E-state index contributed by atoms with van der Waals surface area (Å²) >= 11 is 1.70. The molecular formula is C19H26N2O4S. The number of urea groups is 1. The van der Waals surface area contributed by atoms with Gasteiger partial charge in [-0.25, -0.2) is 4.79 Å². The second kappa shape index (κ2) is 8.31. The molecular weight excluding hydrogens is 352 g/mol. The first-order valence-corrected chi connectivity index (χ1v) is 10.1. The minimum Gasteiger partial charge on any atom is -0.468 e. The van der Waals surface area contributed by atoms with Crippen LogP contribution < -0.4 is 0 Å². The molecule has 0 spiro atoms. The number of carbonyl (C=O) groups excluding carboxylic acids is 2. The molecule has 6 nitrogen and oxygen atoms in total. The minimum absolute atomic E-state index is 0.0810. The van der Waals surface area contributed by atoms with E-state index in [4.69, 9.17) is 9.47 Å². The van der Waals surface area contributed by atoms with E-state index in [1.54, 1.807) is 23.8 Å². The maximum atomic E-state index is 13.1. The van der Waals surface area contributed by atoms with Gasteiger partial charge in [-0.1, -0.05) is 30.3 Å². The number of hydrogen-bond donors (Lipinski definition) is 0. The molecule has 0 aliphatic carbocycles. The average Bonchev–Trinajstić information content (AvgIpc) is 2.67. The van der Waals surface area contributed by atoms with Crippen LogP contribution in [0.5, 0.6) is 0 Å². The van der Waals surface area contributed by atoms with E-state index in [9.17, 15) is 9.59 Å². The van der Waals surface area contributed by atoms with Crippen molar-refractivity contribution >= 4 is 23.8 Å². The van der Waals surface area contributed by atoms with Crippen LogP contribution in [0.1, 0.15) is 24.3 Å². The summed E-state index contributed by atoms with van der Waals surface area (Å²) in [5.74, 6) is 1.40. The summed E-state index contributed by atoms with van der Waals surface area (Å²) in [4.78, 5) is 28.4. The Morgan fingerprint density at radius 3 is 2.35 bits per heavy atom. The number of nitrogens with zero attached hydrogens (tertiary/aromatic N) is 2. The monoisotopic (exact) mass is 378 g/mol. The fourth-order valence-corrected chi connectivity index (χ4v) is 4.64. The maximum Gasteiger partial charge on any atom is 0.325 e. The van der Waals surface area contributed by atoms with Gasteiger partial charge in [-0.2, -0.15) is 11.8 Å². The molecule has 2 fully saturated rings. The number of benzene rings is 1. The van der Waals surface area contributed by atoms with Gasteiger partial charge in [-0.05, 0) is 24.3 Å². The van der Waals surface area contributed by atoms with Crippen molar-refractivity contribution in [3.05, 3.63) is 35.9 Å². The zero-order valence-corrected chi connectivity index (χ0v) is 16.2. The molecule has 0 atom stereocenters. The van der Waals surface area contributed by atoms with Crippen molar-refractivity contribution in [2.24, 2.45) is 0 Å². The molecule has 142 valence electrons. The van der Waals surface area contributed by atoms with Crippen molar-refractivity contribution in [3.8, 4) is 0 Å². The number of hydrogen-bond acceptors (Lipinski definition) is 5. The van der Waals surface area contributed by atoms with Crippen molar-refractivity contribution in [2.75, 3.05) is 45.4 Å². The zero-order valence-electron chi connectivity index (χ0n) is 15.3. The molecule has 0 N–H and O–H groups in total. The molecule has 2 aliphatic rings. The van der Waals surface area contributed by atoms with E-state index in [-0.39, 0.29) is 12.6 Å². The Balaban J connectivity index is 1.67. The summed E-state index contributed by atoms with van der Waals surface area (Å²) in [6.07, 6.45) is 1.85. The molecule has 2 amide bonds. The van der Waals surface area contributed by atoms with Crippen LogP contribution in [0.15, 0.2) is 30.3 Å². The van der Waals surface area contributed by atoms with E-state index < -0.39 is 11.7 Å². The Hall–Kier alpha value is -1.73. The van der Waals surface area contributed by atoms with Crippen LogP contribution in [0.2, 0.25) is 0 Å². The first kappa shape index (κ1) is 19.0. The molecule has 3 rings (SSSR count). The van der Waals surface area contributed by atoms with E-state index in [0.29, 0.717) is 30.5 Å². The molecule has 1 aromatic rings. The number of methoxy groups -OCH3 is 2. The lowest BCUT2D eigenvalue weighted by molar-refractivity contribution is -0.149. The van der Waals surface area contributed by atoms with Gasteiger partial charge in [-0.15, -0.1) is 0 Å². The summed E-state index contributed by atoms with van der Waals surface area (Å²) < 4.78 is 10.4. The second-order valence-electron chi connectivity index (χ2n) is 6.76. The van der Waals surface area contributed by atoms with Gasteiger partial charge in [0.15, 0.2) is 5.72 Å². The van der Waals surface area contributed by atoms with E-state index in [1.165, 1.54) is 12.7 Å². The van der Waals surface area contributed by atoms with Crippen LogP contribution >= 0.6 is 11.8 Å². The predicted molar refractivity (Wildman–Crippen MR) is 101 cm³/mol. The van der Waals surface area contributed by atoms with Crippen LogP contribution in [0.4, 0.5) is 4.79 Å². The quantitative estimate of drug-likeness (QED) is 0.582. The third kappa shape index (κ3) is 3.83. The molecule has 2 heterocycles. The fourth-order valence-electron chi connectivity index (χ4n) is 3.54. The summed E-state index contributed by atoms with van der Waals surface area (Å²) in [5.41, 5.74) is 0.626. The number of piperidine rings is 1. The number of likely N-dealkylation sites (tertiary alicyclic amines) is 1. The third-order valence-corrected chi connectivity index (χ3v) is 6.62. The van der Waals surface area contributed by atoms with Crippen molar-refractivity contribution in [3.63, 3.8) is 0 Å². The Kier molecular flexibility index (Phi) is 6.09. The SMILES string of the molecule is COC(=O)CN(C(=O)N1CCC(c2ccccc2)CC1)C1(OC)CSC1. The largest absolute Gasteiger partial charge is 0.468 e. The Labute approximate surface area is 158 Å². The van der Waals surface area contributed by atoms with Crippen molar-refractivity contribution in [1.29, 1.82) is 0 Å². The molecule has 2 aliphatic heterocycles. The highest BCUT2D eigenvalue weighted by Crippen LogP contribution is 2.37. The number of rotatable bonds is 5. The average molecular weight is 378 g/mol. The molecule has 0 aromatic heterocycles.